The summed E-state index contributed by atoms with van der Waals surface area (Å²) in [6.07, 6.45) is 1.67. The molecule has 0 aliphatic heterocycles. The van der Waals surface area contributed by atoms with E-state index in [0.717, 1.165) is 16.1 Å². The van der Waals surface area contributed by atoms with Crippen molar-refractivity contribution in [1.29, 1.82) is 0 Å². The molecule has 2 rings (SSSR count). The van der Waals surface area contributed by atoms with E-state index in [0.29, 0.717) is 31.7 Å². The van der Waals surface area contributed by atoms with Crippen molar-refractivity contribution >= 4 is 21.8 Å². The van der Waals surface area contributed by atoms with Gasteiger partial charge in [-0.05, 0) is 43.5 Å². The molecule has 0 heterocycles. The predicted molar refractivity (Wildman–Crippen MR) is 132 cm³/mol. The molecule has 0 saturated carbocycles. The van der Waals surface area contributed by atoms with Crippen molar-refractivity contribution in [2.24, 2.45) is 0 Å². The van der Waals surface area contributed by atoms with E-state index in [4.69, 9.17) is 4.74 Å². The summed E-state index contributed by atoms with van der Waals surface area (Å²) < 4.78 is 44.6. The molecular weight excluding hydrogens is 473 g/mol. The van der Waals surface area contributed by atoms with Crippen molar-refractivity contribution in [2.75, 3.05) is 32.6 Å². The van der Waals surface area contributed by atoms with Crippen LogP contribution in [0.15, 0.2) is 54.6 Å². The molecule has 0 aliphatic carbocycles. The van der Waals surface area contributed by atoms with Crippen LogP contribution in [-0.4, -0.2) is 68.0 Å². The molecule has 0 fully saturated rings. The maximum absolute atomic E-state index is 13.4. The number of benzene rings is 2. The number of rotatable bonds is 14. The summed E-state index contributed by atoms with van der Waals surface area (Å²) in [5.74, 6) is -1.32. The summed E-state index contributed by atoms with van der Waals surface area (Å²) in [4.78, 5) is 27.5. The molecule has 0 radical (unpaired) electrons. The summed E-state index contributed by atoms with van der Waals surface area (Å²) >= 11 is 0. The number of carbonyl (C=O) groups is 2. The van der Waals surface area contributed by atoms with Gasteiger partial charge in [-0.1, -0.05) is 42.5 Å². The number of hydrogen-bond acceptors (Lipinski definition) is 5. The monoisotopic (exact) mass is 507 g/mol. The first-order chi connectivity index (χ1) is 16.6. The van der Waals surface area contributed by atoms with E-state index in [9.17, 15) is 22.4 Å². The molecule has 1 N–H and O–H groups in total. The fraction of sp³-hybridized carbons (Fsp3) is 0.440. The normalized spacial score (nSPS) is 12.4. The Bertz CT molecular complexity index is 1050. The van der Waals surface area contributed by atoms with Crippen LogP contribution in [0.5, 0.6) is 0 Å². The second-order valence-corrected chi connectivity index (χ2v) is 10.2. The lowest BCUT2D eigenvalue weighted by molar-refractivity contribution is -0.140. The van der Waals surface area contributed by atoms with Crippen molar-refractivity contribution in [2.45, 2.75) is 39.4 Å². The molecule has 1 unspecified atom stereocenters. The van der Waals surface area contributed by atoms with Crippen LogP contribution in [0.2, 0.25) is 0 Å². The highest BCUT2D eigenvalue weighted by atomic mass is 32.2. The third kappa shape index (κ3) is 9.75. The van der Waals surface area contributed by atoms with Gasteiger partial charge in [0.05, 0.1) is 12.8 Å². The minimum atomic E-state index is -3.72. The molecule has 2 aromatic rings. The number of sulfonamides is 1. The molecule has 0 spiro atoms. The van der Waals surface area contributed by atoms with Gasteiger partial charge >= 0.3 is 0 Å². The second-order valence-electron chi connectivity index (χ2n) is 8.18. The Morgan fingerprint density at radius 2 is 1.66 bits per heavy atom. The fourth-order valence-corrected chi connectivity index (χ4v) is 4.09. The highest BCUT2D eigenvalue weighted by Crippen LogP contribution is 2.14. The Morgan fingerprint density at radius 1 is 1.03 bits per heavy atom. The standard InChI is InChI=1S/C25H34FN3O5S/c1-4-34-16-8-15-27-25(31)20(2)29(18-22-11-13-23(26)14-12-22)24(30)19-28(35(3,32)33)17-21-9-6-5-7-10-21/h5-7,9-14,20H,4,8,15-19H2,1-3H3,(H,27,31). The van der Waals surface area contributed by atoms with Gasteiger partial charge in [0.1, 0.15) is 11.9 Å². The Balaban J connectivity index is 2.20. The van der Waals surface area contributed by atoms with Gasteiger partial charge < -0.3 is 15.0 Å². The van der Waals surface area contributed by atoms with E-state index in [2.05, 4.69) is 5.32 Å². The summed E-state index contributed by atoms with van der Waals surface area (Å²) in [6.45, 7) is 4.56. The van der Waals surface area contributed by atoms with Gasteiger partial charge in [-0.15, -0.1) is 0 Å². The van der Waals surface area contributed by atoms with Crippen LogP contribution < -0.4 is 5.32 Å². The number of hydrogen-bond donors (Lipinski definition) is 1. The summed E-state index contributed by atoms with van der Waals surface area (Å²) in [5, 5.41) is 2.79. The highest BCUT2D eigenvalue weighted by Gasteiger charge is 2.29. The number of halogens is 1. The van der Waals surface area contributed by atoms with Gasteiger partial charge in [0.15, 0.2) is 0 Å². The van der Waals surface area contributed by atoms with Crippen LogP contribution in [0, 0.1) is 5.82 Å². The van der Waals surface area contributed by atoms with Crippen molar-refractivity contribution < 1.29 is 27.1 Å². The Morgan fingerprint density at radius 3 is 2.26 bits per heavy atom. The summed E-state index contributed by atoms with van der Waals surface area (Å²) in [6, 6.07) is 13.7. The SMILES string of the molecule is CCOCCCNC(=O)C(C)N(Cc1ccc(F)cc1)C(=O)CN(Cc1ccccc1)S(C)(=O)=O. The molecule has 2 aromatic carbocycles. The molecule has 192 valence electrons. The Labute approximate surface area is 207 Å². The van der Waals surface area contributed by atoms with Gasteiger partial charge in [-0.3, -0.25) is 9.59 Å². The van der Waals surface area contributed by atoms with E-state index in [1.165, 1.54) is 29.2 Å². The minimum absolute atomic E-state index is 0.0216. The lowest BCUT2D eigenvalue weighted by Crippen LogP contribution is -2.51. The lowest BCUT2D eigenvalue weighted by atomic mass is 10.1. The van der Waals surface area contributed by atoms with Crippen LogP contribution in [0.4, 0.5) is 4.39 Å². The zero-order chi connectivity index (χ0) is 25.8. The van der Waals surface area contributed by atoms with Crippen LogP contribution in [0.3, 0.4) is 0 Å². The molecule has 35 heavy (non-hydrogen) atoms. The first kappa shape index (κ1) is 28.4. The van der Waals surface area contributed by atoms with Gasteiger partial charge in [0.25, 0.3) is 0 Å². The molecule has 0 aliphatic rings. The zero-order valence-electron chi connectivity index (χ0n) is 20.4. The van der Waals surface area contributed by atoms with Gasteiger partial charge in [-0.25, -0.2) is 12.8 Å². The van der Waals surface area contributed by atoms with E-state index >= 15 is 0 Å². The van der Waals surface area contributed by atoms with Crippen molar-refractivity contribution in [3.05, 3.63) is 71.5 Å². The maximum Gasteiger partial charge on any atom is 0.242 e. The molecule has 0 bridgehead atoms. The molecule has 0 aromatic heterocycles. The first-order valence-electron chi connectivity index (χ1n) is 11.5. The Hall–Kier alpha value is -2.82. The molecule has 0 saturated heterocycles. The van der Waals surface area contributed by atoms with Crippen LogP contribution in [-0.2, 0) is 37.4 Å². The maximum atomic E-state index is 13.4. The van der Waals surface area contributed by atoms with Gasteiger partial charge in [0.2, 0.25) is 21.8 Å². The van der Waals surface area contributed by atoms with Crippen molar-refractivity contribution in [3.63, 3.8) is 0 Å². The quantitative estimate of drug-likeness (QED) is 0.397. The van der Waals surface area contributed by atoms with Crippen LogP contribution in [0.25, 0.3) is 0 Å². The third-order valence-electron chi connectivity index (χ3n) is 5.38. The number of amides is 2. The fourth-order valence-electron chi connectivity index (χ4n) is 3.37. The number of ether oxygens (including phenoxy) is 1. The van der Waals surface area contributed by atoms with Crippen LogP contribution in [0.1, 0.15) is 31.4 Å². The lowest BCUT2D eigenvalue weighted by Gasteiger charge is -2.31. The largest absolute Gasteiger partial charge is 0.382 e. The zero-order valence-corrected chi connectivity index (χ0v) is 21.3. The third-order valence-corrected chi connectivity index (χ3v) is 6.58. The number of carbonyl (C=O) groups excluding carboxylic acids is 2. The molecule has 2 amide bonds. The average Bonchev–Trinajstić information content (AvgIpc) is 2.82. The smallest absolute Gasteiger partial charge is 0.242 e. The number of nitrogens with zero attached hydrogens (tertiary/aromatic N) is 2. The Kier molecular flexibility index (Phi) is 11.3. The van der Waals surface area contributed by atoms with Crippen LogP contribution >= 0.6 is 0 Å². The predicted octanol–water partition coefficient (Wildman–Crippen LogP) is 2.55. The van der Waals surface area contributed by atoms with Crippen molar-refractivity contribution in [3.8, 4) is 0 Å². The summed E-state index contributed by atoms with van der Waals surface area (Å²) in [7, 11) is -3.72. The molecule has 8 nitrogen and oxygen atoms in total. The minimum Gasteiger partial charge on any atom is -0.382 e. The van der Waals surface area contributed by atoms with Gasteiger partial charge in [0, 0.05) is 32.8 Å². The molecule has 1 atom stereocenters. The number of nitrogens with one attached hydrogen (secondary N) is 1. The van der Waals surface area contributed by atoms with Crippen molar-refractivity contribution in [1.82, 2.24) is 14.5 Å². The molecule has 10 heteroatoms. The average molecular weight is 508 g/mol. The van der Waals surface area contributed by atoms with Gasteiger partial charge in [-0.2, -0.15) is 4.31 Å². The second kappa shape index (κ2) is 13.9. The highest BCUT2D eigenvalue weighted by molar-refractivity contribution is 7.88. The van der Waals surface area contributed by atoms with E-state index < -0.39 is 34.3 Å². The van der Waals surface area contributed by atoms with E-state index in [1.807, 2.05) is 13.0 Å². The topological polar surface area (TPSA) is 96.0 Å². The van der Waals surface area contributed by atoms with E-state index in [-0.39, 0.29) is 19.0 Å². The van der Waals surface area contributed by atoms with E-state index in [1.54, 1.807) is 31.2 Å². The first-order valence-corrected chi connectivity index (χ1v) is 13.3. The summed E-state index contributed by atoms with van der Waals surface area (Å²) in [5.41, 5.74) is 1.35. The molecular formula is C25H34FN3O5S.